The molecule has 0 radical (unpaired) electrons. The Morgan fingerprint density at radius 2 is 2.14 bits per heavy atom. The van der Waals surface area contributed by atoms with Crippen molar-refractivity contribution in [3.8, 4) is 0 Å². The predicted molar refractivity (Wildman–Crippen MR) is 57.2 cm³/mol. The van der Waals surface area contributed by atoms with Crippen molar-refractivity contribution in [3.63, 3.8) is 0 Å². The third-order valence-corrected chi connectivity index (χ3v) is 1.95. The zero-order chi connectivity index (χ0) is 10.6. The molecule has 4 N–H and O–H groups in total. The van der Waals surface area contributed by atoms with Gasteiger partial charge in [-0.3, -0.25) is 4.79 Å². The molecule has 0 saturated carbocycles. The second kappa shape index (κ2) is 4.46. The average molecular weight is 190 g/mol. The van der Waals surface area contributed by atoms with Crippen molar-refractivity contribution in [2.45, 2.75) is 13.3 Å². The summed E-state index contributed by atoms with van der Waals surface area (Å²) in [7, 11) is 0. The zero-order valence-corrected chi connectivity index (χ0v) is 8.16. The van der Waals surface area contributed by atoms with Crippen LogP contribution in [-0.4, -0.2) is 5.91 Å². The standard InChI is InChI=1S/C11H14N2O/c1-2-10(12)9-5-3-4-8(6-9)7-11(13)14/h2-6H,7,12H2,1H3,(H2,13,14)/b10-2-. The van der Waals surface area contributed by atoms with Crippen LogP contribution in [-0.2, 0) is 11.2 Å². The first-order valence-electron chi connectivity index (χ1n) is 4.43. The van der Waals surface area contributed by atoms with Gasteiger partial charge in [0, 0.05) is 5.70 Å². The molecule has 0 atom stereocenters. The molecular formula is C11H14N2O. The average Bonchev–Trinajstić information content (AvgIpc) is 2.16. The Balaban J connectivity index is 2.95. The van der Waals surface area contributed by atoms with Crippen molar-refractivity contribution in [1.29, 1.82) is 0 Å². The van der Waals surface area contributed by atoms with Crippen molar-refractivity contribution in [1.82, 2.24) is 0 Å². The van der Waals surface area contributed by atoms with Gasteiger partial charge in [-0.1, -0.05) is 24.3 Å². The van der Waals surface area contributed by atoms with Crippen molar-refractivity contribution in [2.24, 2.45) is 11.5 Å². The second-order valence-corrected chi connectivity index (χ2v) is 3.09. The Morgan fingerprint density at radius 1 is 1.43 bits per heavy atom. The molecule has 0 bridgehead atoms. The highest BCUT2D eigenvalue weighted by molar-refractivity contribution is 5.77. The summed E-state index contributed by atoms with van der Waals surface area (Å²) in [5.41, 5.74) is 13.4. The fourth-order valence-electron chi connectivity index (χ4n) is 1.23. The lowest BCUT2D eigenvalue weighted by Gasteiger charge is -2.03. The summed E-state index contributed by atoms with van der Waals surface area (Å²) in [6, 6.07) is 7.50. The van der Waals surface area contributed by atoms with Crippen molar-refractivity contribution < 1.29 is 4.79 Å². The maximum absolute atomic E-state index is 10.7. The van der Waals surface area contributed by atoms with Gasteiger partial charge < -0.3 is 11.5 Å². The normalized spacial score (nSPS) is 11.4. The third kappa shape index (κ3) is 2.62. The first-order valence-corrected chi connectivity index (χ1v) is 4.43. The minimum absolute atomic E-state index is 0.255. The monoisotopic (exact) mass is 190 g/mol. The van der Waals surface area contributed by atoms with E-state index in [2.05, 4.69) is 0 Å². The SMILES string of the molecule is C/C=C(\N)c1cccc(CC(N)=O)c1. The van der Waals surface area contributed by atoms with Crippen LogP contribution in [0.4, 0.5) is 0 Å². The number of hydrogen-bond donors (Lipinski definition) is 2. The lowest BCUT2D eigenvalue weighted by molar-refractivity contribution is -0.117. The number of carbonyl (C=O) groups excluding carboxylic acids is 1. The molecule has 74 valence electrons. The molecule has 0 unspecified atom stereocenters. The van der Waals surface area contributed by atoms with Crippen LogP contribution in [0.15, 0.2) is 30.3 Å². The maximum atomic E-state index is 10.7. The van der Waals surface area contributed by atoms with Gasteiger partial charge in [-0.15, -0.1) is 0 Å². The summed E-state index contributed by atoms with van der Waals surface area (Å²) in [4.78, 5) is 10.7. The first-order chi connectivity index (χ1) is 6.63. The lowest BCUT2D eigenvalue weighted by Crippen LogP contribution is -2.13. The highest BCUT2D eigenvalue weighted by atomic mass is 16.1. The van der Waals surface area contributed by atoms with Crippen LogP contribution < -0.4 is 11.5 Å². The largest absolute Gasteiger partial charge is 0.399 e. The minimum atomic E-state index is -0.332. The van der Waals surface area contributed by atoms with E-state index in [0.717, 1.165) is 11.1 Å². The second-order valence-electron chi connectivity index (χ2n) is 3.09. The Morgan fingerprint density at radius 3 is 2.71 bits per heavy atom. The molecule has 1 amide bonds. The highest BCUT2D eigenvalue weighted by Crippen LogP contribution is 2.11. The maximum Gasteiger partial charge on any atom is 0.221 e. The molecule has 0 aromatic heterocycles. The topological polar surface area (TPSA) is 69.1 Å². The molecule has 0 aliphatic heterocycles. The van der Waals surface area contributed by atoms with Crippen LogP contribution >= 0.6 is 0 Å². The van der Waals surface area contributed by atoms with Gasteiger partial charge in [-0.2, -0.15) is 0 Å². The van der Waals surface area contributed by atoms with E-state index in [4.69, 9.17) is 11.5 Å². The third-order valence-electron chi connectivity index (χ3n) is 1.95. The molecule has 0 spiro atoms. The summed E-state index contributed by atoms with van der Waals surface area (Å²) >= 11 is 0. The lowest BCUT2D eigenvalue weighted by atomic mass is 10.1. The van der Waals surface area contributed by atoms with Gasteiger partial charge >= 0.3 is 0 Å². The molecule has 0 saturated heterocycles. The number of rotatable bonds is 3. The van der Waals surface area contributed by atoms with E-state index < -0.39 is 0 Å². The number of carbonyl (C=O) groups is 1. The molecule has 14 heavy (non-hydrogen) atoms. The van der Waals surface area contributed by atoms with E-state index in [-0.39, 0.29) is 12.3 Å². The van der Waals surface area contributed by atoms with Crippen LogP contribution in [0, 0.1) is 0 Å². The number of hydrogen-bond acceptors (Lipinski definition) is 2. The van der Waals surface area contributed by atoms with Crippen molar-refractivity contribution >= 4 is 11.6 Å². The van der Waals surface area contributed by atoms with E-state index in [1.54, 1.807) is 0 Å². The number of primary amides is 1. The van der Waals surface area contributed by atoms with Crippen LogP contribution in [0.3, 0.4) is 0 Å². The smallest absolute Gasteiger partial charge is 0.221 e. The van der Waals surface area contributed by atoms with E-state index in [9.17, 15) is 4.79 Å². The Bertz CT molecular complexity index is 369. The Kier molecular flexibility index (Phi) is 3.29. The van der Waals surface area contributed by atoms with Gasteiger partial charge in [0.15, 0.2) is 0 Å². The molecule has 0 aliphatic carbocycles. The predicted octanol–water partition coefficient (Wildman–Crippen LogP) is 1.03. The molecule has 1 rings (SSSR count). The molecule has 0 aliphatic rings. The summed E-state index contributed by atoms with van der Waals surface area (Å²) < 4.78 is 0. The Hall–Kier alpha value is -1.77. The van der Waals surface area contributed by atoms with Crippen LogP contribution in [0.1, 0.15) is 18.1 Å². The zero-order valence-electron chi connectivity index (χ0n) is 8.16. The number of amides is 1. The molecule has 1 aromatic rings. The fourth-order valence-corrected chi connectivity index (χ4v) is 1.23. The summed E-state index contributed by atoms with van der Waals surface area (Å²) in [5.74, 6) is -0.332. The molecule has 3 nitrogen and oxygen atoms in total. The Labute approximate surface area is 83.4 Å². The van der Waals surface area contributed by atoms with Gasteiger partial charge in [0.2, 0.25) is 5.91 Å². The highest BCUT2D eigenvalue weighted by Gasteiger charge is 2.00. The van der Waals surface area contributed by atoms with Crippen LogP contribution in [0.25, 0.3) is 5.70 Å². The summed E-state index contributed by atoms with van der Waals surface area (Å²) in [6.07, 6.45) is 2.08. The minimum Gasteiger partial charge on any atom is -0.399 e. The first kappa shape index (κ1) is 10.3. The van der Waals surface area contributed by atoms with E-state index in [1.165, 1.54) is 0 Å². The molecule has 3 heteroatoms. The fraction of sp³-hybridized carbons (Fsp3) is 0.182. The van der Waals surface area contributed by atoms with Crippen LogP contribution in [0.2, 0.25) is 0 Å². The number of benzene rings is 1. The summed E-state index contributed by atoms with van der Waals surface area (Å²) in [5, 5.41) is 0. The van der Waals surface area contributed by atoms with E-state index in [1.807, 2.05) is 37.3 Å². The number of nitrogens with two attached hydrogens (primary N) is 2. The quantitative estimate of drug-likeness (QED) is 0.747. The summed E-state index contributed by atoms with van der Waals surface area (Å²) in [6.45, 7) is 1.87. The van der Waals surface area contributed by atoms with Gasteiger partial charge in [0.05, 0.1) is 6.42 Å². The molecule has 1 aromatic carbocycles. The van der Waals surface area contributed by atoms with Crippen LogP contribution in [0.5, 0.6) is 0 Å². The van der Waals surface area contributed by atoms with Gasteiger partial charge in [-0.25, -0.2) is 0 Å². The number of allylic oxidation sites excluding steroid dienone is 1. The molecular weight excluding hydrogens is 176 g/mol. The van der Waals surface area contributed by atoms with E-state index in [0.29, 0.717) is 5.70 Å². The van der Waals surface area contributed by atoms with E-state index >= 15 is 0 Å². The van der Waals surface area contributed by atoms with Gasteiger partial charge in [-0.05, 0) is 24.1 Å². The molecule has 0 heterocycles. The molecule has 0 fully saturated rings. The van der Waals surface area contributed by atoms with Gasteiger partial charge in [0.1, 0.15) is 0 Å². The van der Waals surface area contributed by atoms with Gasteiger partial charge in [0.25, 0.3) is 0 Å². The van der Waals surface area contributed by atoms with Crippen molar-refractivity contribution in [2.75, 3.05) is 0 Å². The van der Waals surface area contributed by atoms with Crippen molar-refractivity contribution in [3.05, 3.63) is 41.5 Å².